The molecule has 2 heterocycles. The van der Waals surface area contributed by atoms with E-state index in [1.165, 1.54) is 0 Å². The highest BCUT2D eigenvalue weighted by Crippen LogP contribution is 2.30. The van der Waals surface area contributed by atoms with Gasteiger partial charge in [-0.3, -0.25) is 4.98 Å². The summed E-state index contributed by atoms with van der Waals surface area (Å²) in [5.41, 5.74) is 3.03. The van der Waals surface area contributed by atoms with E-state index in [-0.39, 0.29) is 6.03 Å². The van der Waals surface area contributed by atoms with Crippen LogP contribution in [-0.4, -0.2) is 42.1 Å². The predicted octanol–water partition coefficient (Wildman–Crippen LogP) is 3.95. The Labute approximate surface area is 151 Å². The Morgan fingerprint density at radius 1 is 1.24 bits per heavy atom. The summed E-state index contributed by atoms with van der Waals surface area (Å²) in [6, 6.07) is 9.03. The van der Waals surface area contributed by atoms with Crippen molar-refractivity contribution in [2.75, 3.05) is 36.4 Å². The number of nitrogens with one attached hydrogen (secondary N) is 1. The number of halogens is 1. The minimum absolute atomic E-state index is 0.119. The number of aryl methyl sites for hydroxylation is 1. The van der Waals surface area contributed by atoms with Crippen LogP contribution in [0.25, 0.3) is 4.85 Å². The standard InChI is InChI=1S/C18H18ClN5O/c1-13-3-4-14(12-21-13)22-18(25)24-9-7-23(8-10-24)15-5-6-17(20-2)16(19)11-15/h3-6,11-12H,7-10H2,1H3,(H,22,25). The molecule has 1 saturated heterocycles. The third-order valence-corrected chi connectivity index (χ3v) is 4.45. The molecular formula is C18H18ClN5O. The number of urea groups is 1. The second-order valence-corrected chi connectivity index (χ2v) is 6.25. The Kier molecular flexibility index (Phi) is 5.05. The molecule has 1 aromatic heterocycles. The Bertz CT molecular complexity index is 807. The first-order chi connectivity index (χ1) is 12.1. The zero-order chi connectivity index (χ0) is 17.8. The summed E-state index contributed by atoms with van der Waals surface area (Å²) < 4.78 is 0. The Balaban J connectivity index is 1.58. The van der Waals surface area contributed by atoms with Gasteiger partial charge >= 0.3 is 6.03 Å². The van der Waals surface area contributed by atoms with Crippen LogP contribution >= 0.6 is 11.6 Å². The lowest BCUT2D eigenvalue weighted by atomic mass is 10.2. The summed E-state index contributed by atoms with van der Waals surface area (Å²) in [7, 11) is 0. The summed E-state index contributed by atoms with van der Waals surface area (Å²) in [5.74, 6) is 0. The van der Waals surface area contributed by atoms with Crippen molar-refractivity contribution in [3.8, 4) is 0 Å². The predicted molar refractivity (Wildman–Crippen MR) is 99.5 cm³/mol. The number of nitrogens with zero attached hydrogens (tertiary/aromatic N) is 4. The Hall–Kier alpha value is -2.78. The van der Waals surface area contributed by atoms with Crippen LogP contribution in [0.1, 0.15) is 5.69 Å². The molecule has 128 valence electrons. The molecule has 7 heteroatoms. The van der Waals surface area contributed by atoms with Gasteiger partial charge in [0.2, 0.25) is 5.69 Å². The van der Waals surface area contributed by atoms with Crippen LogP contribution in [-0.2, 0) is 0 Å². The number of carbonyl (C=O) groups excluding carboxylic acids is 1. The maximum absolute atomic E-state index is 12.3. The number of rotatable bonds is 2. The zero-order valence-electron chi connectivity index (χ0n) is 13.9. The van der Waals surface area contributed by atoms with E-state index >= 15 is 0 Å². The fraction of sp³-hybridized carbons (Fsp3) is 0.278. The maximum Gasteiger partial charge on any atom is 0.322 e. The normalized spacial score (nSPS) is 14.1. The van der Waals surface area contributed by atoms with Gasteiger partial charge in [0.25, 0.3) is 0 Å². The van der Waals surface area contributed by atoms with Crippen molar-refractivity contribution in [1.29, 1.82) is 0 Å². The van der Waals surface area contributed by atoms with Crippen molar-refractivity contribution >= 4 is 34.7 Å². The lowest BCUT2D eigenvalue weighted by molar-refractivity contribution is 0.208. The first kappa shape index (κ1) is 17.1. The Morgan fingerprint density at radius 3 is 2.60 bits per heavy atom. The highest BCUT2D eigenvalue weighted by atomic mass is 35.5. The minimum Gasteiger partial charge on any atom is -0.368 e. The smallest absolute Gasteiger partial charge is 0.322 e. The minimum atomic E-state index is -0.119. The van der Waals surface area contributed by atoms with Crippen LogP contribution in [0.5, 0.6) is 0 Å². The van der Waals surface area contributed by atoms with Gasteiger partial charge in [0.15, 0.2) is 0 Å². The SMILES string of the molecule is [C-]#[N+]c1ccc(N2CCN(C(=O)Nc3ccc(C)nc3)CC2)cc1Cl. The van der Waals surface area contributed by atoms with Gasteiger partial charge in [0.1, 0.15) is 0 Å². The summed E-state index contributed by atoms with van der Waals surface area (Å²) in [6.45, 7) is 11.6. The maximum atomic E-state index is 12.3. The van der Waals surface area contributed by atoms with Crippen LogP contribution in [0.2, 0.25) is 5.02 Å². The monoisotopic (exact) mass is 355 g/mol. The number of piperazine rings is 1. The second-order valence-electron chi connectivity index (χ2n) is 5.84. The highest BCUT2D eigenvalue weighted by Gasteiger charge is 2.21. The lowest BCUT2D eigenvalue weighted by Gasteiger charge is -2.36. The Morgan fingerprint density at radius 2 is 2.00 bits per heavy atom. The van der Waals surface area contributed by atoms with Gasteiger partial charge in [-0.2, -0.15) is 0 Å². The van der Waals surface area contributed by atoms with E-state index in [0.717, 1.165) is 11.4 Å². The summed E-state index contributed by atoms with van der Waals surface area (Å²) in [6.07, 6.45) is 1.66. The van der Waals surface area contributed by atoms with Gasteiger partial charge < -0.3 is 15.1 Å². The summed E-state index contributed by atoms with van der Waals surface area (Å²) >= 11 is 6.11. The zero-order valence-corrected chi connectivity index (χ0v) is 14.6. The molecule has 0 bridgehead atoms. The molecular weight excluding hydrogens is 338 g/mol. The number of pyridine rings is 1. The molecule has 0 unspecified atom stereocenters. The molecule has 1 N–H and O–H groups in total. The van der Waals surface area contributed by atoms with Crippen LogP contribution in [0, 0.1) is 13.5 Å². The quantitative estimate of drug-likeness (QED) is 0.830. The first-order valence-electron chi connectivity index (χ1n) is 7.97. The van der Waals surface area contributed by atoms with Gasteiger partial charge in [-0.15, -0.1) is 0 Å². The van der Waals surface area contributed by atoms with E-state index in [4.69, 9.17) is 18.2 Å². The molecule has 0 saturated carbocycles. The molecule has 1 aliphatic rings. The number of hydrogen-bond donors (Lipinski definition) is 1. The molecule has 0 spiro atoms. The molecule has 3 rings (SSSR count). The van der Waals surface area contributed by atoms with Crippen LogP contribution in [0.4, 0.5) is 21.9 Å². The average Bonchev–Trinajstić information content (AvgIpc) is 2.63. The van der Waals surface area contributed by atoms with Crippen LogP contribution in [0.3, 0.4) is 0 Å². The van der Waals surface area contributed by atoms with Crippen molar-refractivity contribution in [2.45, 2.75) is 6.92 Å². The van der Waals surface area contributed by atoms with Crippen molar-refractivity contribution in [2.24, 2.45) is 0 Å². The first-order valence-corrected chi connectivity index (χ1v) is 8.35. The summed E-state index contributed by atoms with van der Waals surface area (Å²) in [5, 5.41) is 3.33. The number of amides is 2. The molecule has 2 amide bonds. The molecule has 0 aliphatic carbocycles. The van der Waals surface area contributed by atoms with Gasteiger partial charge in [-0.25, -0.2) is 9.64 Å². The molecule has 2 aromatic rings. The number of aromatic nitrogens is 1. The van der Waals surface area contributed by atoms with Crippen LogP contribution < -0.4 is 10.2 Å². The third kappa shape index (κ3) is 4.01. The van der Waals surface area contributed by atoms with Crippen molar-refractivity contribution in [3.05, 3.63) is 58.7 Å². The van der Waals surface area contributed by atoms with E-state index in [1.54, 1.807) is 17.2 Å². The van der Waals surface area contributed by atoms with Gasteiger partial charge in [0.05, 0.1) is 18.5 Å². The molecule has 25 heavy (non-hydrogen) atoms. The van der Waals surface area contributed by atoms with Crippen LogP contribution in [0.15, 0.2) is 36.5 Å². The second kappa shape index (κ2) is 7.41. The fourth-order valence-electron chi connectivity index (χ4n) is 2.70. The van der Waals surface area contributed by atoms with E-state index in [0.29, 0.717) is 42.6 Å². The lowest BCUT2D eigenvalue weighted by Crippen LogP contribution is -2.50. The molecule has 0 radical (unpaired) electrons. The topological polar surface area (TPSA) is 52.8 Å². The number of benzene rings is 1. The number of carbonyl (C=O) groups is 1. The fourth-order valence-corrected chi connectivity index (χ4v) is 2.91. The van der Waals surface area contributed by atoms with Crippen molar-refractivity contribution in [1.82, 2.24) is 9.88 Å². The highest BCUT2D eigenvalue weighted by molar-refractivity contribution is 6.33. The largest absolute Gasteiger partial charge is 0.368 e. The van der Waals surface area contributed by atoms with Gasteiger partial charge in [-0.1, -0.05) is 17.7 Å². The molecule has 1 aliphatic heterocycles. The van der Waals surface area contributed by atoms with E-state index in [1.807, 2.05) is 31.2 Å². The molecule has 0 atom stereocenters. The molecule has 6 nitrogen and oxygen atoms in total. The van der Waals surface area contributed by atoms with E-state index < -0.39 is 0 Å². The third-order valence-electron chi connectivity index (χ3n) is 4.15. The van der Waals surface area contributed by atoms with Gasteiger partial charge in [-0.05, 0) is 31.2 Å². The van der Waals surface area contributed by atoms with Crippen molar-refractivity contribution < 1.29 is 4.79 Å². The molecule has 1 fully saturated rings. The molecule has 1 aromatic carbocycles. The van der Waals surface area contributed by atoms with E-state index in [9.17, 15) is 4.79 Å². The number of anilines is 2. The van der Waals surface area contributed by atoms with E-state index in [2.05, 4.69) is 20.0 Å². The number of hydrogen-bond acceptors (Lipinski definition) is 3. The van der Waals surface area contributed by atoms with Crippen molar-refractivity contribution in [3.63, 3.8) is 0 Å². The average molecular weight is 356 g/mol. The van der Waals surface area contributed by atoms with Gasteiger partial charge in [0, 0.05) is 42.6 Å². The summed E-state index contributed by atoms with van der Waals surface area (Å²) in [4.78, 5) is 23.8.